The van der Waals surface area contributed by atoms with Gasteiger partial charge >= 0.3 is 6.03 Å². The van der Waals surface area contributed by atoms with Gasteiger partial charge in [0.05, 0.1) is 12.4 Å². The minimum absolute atomic E-state index is 0.0208. The monoisotopic (exact) mass is 406 g/mol. The average molecular weight is 407 g/mol. The van der Waals surface area contributed by atoms with Crippen LogP contribution in [0.25, 0.3) is 10.9 Å². The van der Waals surface area contributed by atoms with E-state index in [0.717, 1.165) is 56.5 Å². The second-order valence-electron chi connectivity index (χ2n) is 7.81. The maximum Gasteiger partial charge on any atom is 0.323 e. The smallest absolute Gasteiger partial charge is 0.323 e. The number of aromatic amines is 1. The molecule has 1 aromatic carbocycles. The Balaban J connectivity index is 1.39. The summed E-state index contributed by atoms with van der Waals surface area (Å²) in [6.45, 7) is 4.43. The molecule has 4 rings (SSSR count). The van der Waals surface area contributed by atoms with Crippen LogP contribution in [0, 0.1) is 0 Å². The third-order valence-electron chi connectivity index (χ3n) is 5.73. The summed E-state index contributed by atoms with van der Waals surface area (Å²) >= 11 is 0. The topological polar surface area (TPSA) is 78.3 Å². The molecule has 3 heterocycles. The lowest BCUT2D eigenvalue weighted by Gasteiger charge is -2.23. The molecule has 1 aliphatic rings. The molecule has 1 atom stereocenters. The maximum absolute atomic E-state index is 12.6. The Bertz CT molecular complexity index is 990. The second kappa shape index (κ2) is 9.61. The molecule has 1 fully saturated rings. The number of aliphatic imine (C=N–C) groups is 1. The van der Waals surface area contributed by atoms with Gasteiger partial charge in [0.25, 0.3) is 0 Å². The molecular formula is C23H30N6O. The highest BCUT2D eigenvalue weighted by molar-refractivity contribution is 6.07. The molecule has 0 radical (unpaired) electrons. The third-order valence-corrected chi connectivity index (χ3v) is 5.73. The van der Waals surface area contributed by atoms with Gasteiger partial charge in [-0.25, -0.2) is 9.78 Å². The molecule has 7 nitrogen and oxygen atoms in total. The molecule has 0 aliphatic carbocycles. The summed E-state index contributed by atoms with van der Waals surface area (Å²) < 4.78 is 2.05. The number of nitrogens with one attached hydrogen (secondary N) is 2. The Labute approximate surface area is 177 Å². The summed E-state index contributed by atoms with van der Waals surface area (Å²) in [7, 11) is 0. The van der Waals surface area contributed by atoms with E-state index in [0.29, 0.717) is 6.54 Å². The lowest BCUT2D eigenvalue weighted by molar-refractivity contribution is 0.201. The van der Waals surface area contributed by atoms with Crippen molar-refractivity contribution in [2.45, 2.75) is 51.6 Å². The Kier molecular flexibility index (Phi) is 6.47. The van der Waals surface area contributed by atoms with E-state index in [1.54, 1.807) is 6.20 Å². The number of unbranched alkanes of at least 4 members (excludes halogenated alkanes) is 1. The highest BCUT2D eigenvalue weighted by Crippen LogP contribution is 2.20. The van der Waals surface area contributed by atoms with E-state index in [1.165, 1.54) is 10.9 Å². The number of rotatable bonds is 10. The minimum atomic E-state index is -0.0208. The van der Waals surface area contributed by atoms with E-state index in [1.807, 2.05) is 28.1 Å². The Hall–Kier alpha value is -3.09. The molecule has 0 spiro atoms. The van der Waals surface area contributed by atoms with Crippen LogP contribution in [-0.4, -0.2) is 50.4 Å². The van der Waals surface area contributed by atoms with Gasteiger partial charge in [-0.3, -0.25) is 10.3 Å². The zero-order chi connectivity index (χ0) is 20.8. The van der Waals surface area contributed by atoms with Gasteiger partial charge in [0.15, 0.2) is 0 Å². The SMILES string of the molecule is CCCCC1C(=NCCc2c[nH]c3ccccc23)NC(=O)N1CCCn1ccnc1. The number of para-hydroxylation sites is 1. The van der Waals surface area contributed by atoms with Crippen molar-refractivity contribution < 1.29 is 4.79 Å². The number of aryl methyl sites for hydroxylation is 1. The lowest BCUT2D eigenvalue weighted by Crippen LogP contribution is -2.36. The largest absolute Gasteiger partial charge is 0.361 e. The van der Waals surface area contributed by atoms with E-state index < -0.39 is 0 Å². The molecule has 0 bridgehead atoms. The number of hydrogen-bond acceptors (Lipinski definition) is 3. The number of fused-ring (bicyclic) bond motifs is 1. The Morgan fingerprint density at radius 1 is 1.20 bits per heavy atom. The lowest BCUT2D eigenvalue weighted by atomic mass is 10.1. The van der Waals surface area contributed by atoms with Gasteiger partial charge in [0, 0.05) is 49.1 Å². The first-order chi connectivity index (χ1) is 14.8. The molecule has 7 heteroatoms. The van der Waals surface area contributed by atoms with Crippen molar-refractivity contribution in [3.8, 4) is 0 Å². The van der Waals surface area contributed by atoms with Crippen molar-refractivity contribution >= 4 is 22.8 Å². The summed E-state index contributed by atoms with van der Waals surface area (Å²) in [4.78, 5) is 26.8. The molecular weight excluding hydrogens is 376 g/mol. The number of aromatic nitrogens is 3. The van der Waals surface area contributed by atoms with Crippen LogP contribution in [0.3, 0.4) is 0 Å². The highest BCUT2D eigenvalue weighted by Gasteiger charge is 2.35. The quantitative estimate of drug-likeness (QED) is 0.534. The number of H-pyrrole nitrogens is 1. The summed E-state index contributed by atoms with van der Waals surface area (Å²) in [5.41, 5.74) is 2.42. The number of benzene rings is 1. The van der Waals surface area contributed by atoms with Crippen molar-refractivity contribution in [3.05, 3.63) is 54.7 Å². The van der Waals surface area contributed by atoms with Crippen molar-refractivity contribution in [1.82, 2.24) is 24.8 Å². The first-order valence-corrected chi connectivity index (χ1v) is 10.9. The van der Waals surface area contributed by atoms with Gasteiger partial charge in [-0.15, -0.1) is 0 Å². The number of amidine groups is 1. The minimum Gasteiger partial charge on any atom is -0.361 e. The summed E-state index contributed by atoms with van der Waals surface area (Å²) in [6, 6.07) is 8.36. The fraction of sp³-hybridized carbons (Fsp3) is 0.435. The normalized spacial score (nSPS) is 17.9. The fourth-order valence-corrected chi connectivity index (χ4v) is 4.12. The molecule has 30 heavy (non-hydrogen) atoms. The molecule has 1 aliphatic heterocycles. The van der Waals surface area contributed by atoms with Crippen LogP contribution >= 0.6 is 0 Å². The van der Waals surface area contributed by atoms with Crippen molar-refractivity contribution in [2.75, 3.05) is 13.1 Å². The van der Waals surface area contributed by atoms with Crippen LogP contribution in [0.15, 0.2) is 54.2 Å². The van der Waals surface area contributed by atoms with Crippen LogP contribution in [0.1, 0.15) is 38.2 Å². The van der Waals surface area contributed by atoms with Crippen molar-refractivity contribution in [2.24, 2.45) is 4.99 Å². The van der Waals surface area contributed by atoms with Crippen LogP contribution in [0.5, 0.6) is 0 Å². The van der Waals surface area contributed by atoms with E-state index in [9.17, 15) is 4.79 Å². The van der Waals surface area contributed by atoms with Crippen molar-refractivity contribution in [3.63, 3.8) is 0 Å². The maximum atomic E-state index is 12.6. The Morgan fingerprint density at radius 2 is 2.10 bits per heavy atom. The second-order valence-corrected chi connectivity index (χ2v) is 7.81. The molecule has 2 aromatic heterocycles. The fourth-order valence-electron chi connectivity index (χ4n) is 4.12. The van der Waals surface area contributed by atoms with E-state index in [4.69, 9.17) is 4.99 Å². The van der Waals surface area contributed by atoms with E-state index >= 15 is 0 Å². The zero-order valence-electron chi connectivity index (χ0n) is 17.6. The number of amides is 2. The molecule has 1 unspecified atom stereocenters. The van der Waals surface area contributed by atoms with E-state index in [-0.39, 0.29) is 12.1 Å². The van der Waals surface area contributed by atoms with Crippen LogP contribution in [0.2, 0.25) is 0 Å². The van der Waals surface area contributed by atoms with E-state index in [2.05, 4.69) is 46.6 Å². The number of carbonyl (C=O) groups excluding carboxylic acids is 1. The summed E-state index contributed by atoms with van der Waals surface area (Å²) in [5.74, 6) is 0.830. The van der Waals surface area contributed by atoms with Gasteiger partial charge in [0.2, 0.25) is 0 Å². The van der Waals surface area contributed by atoms with Crippen molar-refractivity contribution in [1.29, 1.82) is 0 Å². The van der Waals surface area contributed by atoms with Gasteiger partial charge < -0.3 is 14.5 Å². The zero-order valence-corrected chi connectivity index (χ0v) is 17.6. The molecule has 1 saturated heterocycles. The van der Waals surface area contributed by atoms with Crippen LogP contribution in [-0.2, 0) is 13.0 Å². The Morgan fingerprint density at radius 3 is 2.93 bits per heavy atom. The first-order valence-electron chi connectivity index (χ1n) is 10.9. The number of hydrogen-bond donors (Lipinski definition) is 2. The number of imidazole rings is 1. The molecule has 2 N–H and O–H groups in total. The molecule has 2 amide bonds. The molecule has 3 aromatic rings. The first kappa shape index (κ1) is 20.2. The predicted molar refractivity (Wildman–Crippen MR) is 120 cm³/mol. The molecule has 0 saturated carbocycles. The van der Waals surface area contributed by atoms with Gasteiger partial charge in [0.1, 0.15) is 5.84 Å². The van der Waals surface area contributed by atoms with Gasteiger partial charge in [-0.05, 0) is 30.9 Å². The summed E-state index contributed by atoms with van der Waals surface area (Å²) in [6.07, 6.45) is 12.5. The number of urea groups is 1. The number of carbonyl (C=O) groups is 1. The number of nitrogens with zero attached hydrogens (tertiary/aromatic N) is 4. The predicted octanol–water partition coefficient (Wildman–Crippen LogP) is 3.98. The highest BCUT2D eigenvalue weighted by atomic mass is 16.2. The van der Waals surface area contributed by atoms with Crippen LogP contribution < -0.4 is 5.32 Å². The third kappa shape index (κ3) is 4.56. The van der Waals surface area contributed by atoms with Crippen LogP contribution in [0.4, 0.5) is 4.79 Å². The summed E-state index contributed by atoms with van der Waals surface area (Å²) in [5, 5.41) is 4.28. The standard InChI is InChI=1S/C23H30N6O/c1-2-3-9-21-22(25-11-10-18-16-26-20-8-5-4-7-19(18)20)27-23(30)29(21)14-6-13-28-15-12-24-17-28/h4-5,7-8,12,15-17,21,26H,2-3,6,9-11,13-14H2,1H3,(H,25,27,30). The molecule has 158 valence electrons. The van der Waals surface area contributed by atoms with Gasteiger partial charge in [-0.1, -0.05) is 38.0 Å². The van der Waals surface area contributed by atoms with Gasteiger partial charge in [-0.2, -0.15) is 0 Å². The average Bonchev–Trinajstić information content (AvgIpc) is 3.48.